The molecule has 0 saturated carbocycles. The second-order valence-electron chi connectivity index (χ2n) is 9.94. The van der Waals surface area contributed by atoms with Gasteiger partial charge in [0.25, 0.3) is 0 Å². The number of para-hydroxylation sites is 4. The average molecular weight is 415 g/mol. The van der Waals surface area contributed by atoms with Gasteiger partial charge in [0, 0.05) is 23.0 Å². The first-order chi connectivity index (χ1) is 14.5. The quantitative estimate of drug-likeness (QED) is 0.413. The van der Waals surface area contributed by atoms with Gasteiger partial charge in [-0.2, -0.15) is 0 Å². The highest BCUT2D eigenvalue weighted by molar-refractivity contribution is 5.85. The van der Waals surface area contributed by atoms with E-state index in [4.69, 9.17) is 0 Å². The number of anilines is 4. The van der Waals surface area contributed by atoms with Crippen molar-refractivity contribution in [1.82, 2.24) is 0 Å². The van der Waals surface area contributed by atoms with Crippen molar-refractivity contribution in [2.75, 3.05) is 9.80 Å². The predicted octanol–water partition coefficient (Wildman–Crippen LogP) is 8.40. The molecule has 0 N–H and O–H groups in total. The molecule has 3 rings (SSSR count). The topological polar surface area (TPSA) is 6.48 Å². The van der Waals surface area contributed by atoms with Crippen molar-refractivity contribution in [3.8, 4) is 0 Å². The van der Waals surface area contributed by atoms with E-state index in [0.717, 1.165) is 0 Å². The Morgan fingerprint density at radius 3 is 1.42 bits per heavy atom. The molecule has 0 spiro atoms. The van der Waals surface area contributed by atoms with Crippen molar-refractivity contribution in [3.63, 3.8) is 0 Å². The maximum atomic E-state index is 2.52. The van der Waals surface area contributed by atoms with Gasteiger partial charge in [-0.15, -0.1) is 0 Å². The van der Waals surface area contributed by atoms with Gasteiger partial charge < -0.3 is 9.80 Å². The lowest BCUT2D eigenvalue weighted by Crippen LogP contribution is -2.40. The molecule has 0 bridgehead atoms. The fourth-order valence-corrected chi connectivity index (χ4v) is 4.68. The predicted molar refractivity (Wildman–Crippen MR) is 137 cm³/mol. The van der Waals surface area contributed by atoms with Gasteiger partial charge in [0.05, 0.1) is 11.4 Å². The molecule has 0 unspecified atom stereocenters. The molecule has 0 saturated heterocycles. The van der Waals surface area contributed by atoms with E-state index < -0.39 is 0 Å². The third-order valence-corrected chi connectivity index (χ3v) is 5.91. The van der Waals surface area contributed by atoms with E-state index >= 15 is 0 Å². The monoisotopic (exact) mass is 414 g/mol. The second-order valence-corrected chi connectivity index (χ2v) is 9.94. The lowest BCUT2D eigenvalue weighted by atomic mass is 9.97. The van der Waals surface area contributed by atoms with Crippen molar-refractivity contribution >= 4 is 22.7 Å². The fraction of sp³-hybridized carbons (Fsp3) is 0.379. The highest BCUT2D eigenvalue weighted by Gasteiger charge is 2.30. The summed E-state index contributed by atoms with van der Waals surface area (Å²) in [6, 6.07) is 22.4. The van der Waals surface area contributed by atoms with Crippen molar-refractivity contribution in [2.24, 2.45) is 0 Å². The molecule has 0 heterocycles. The van der Waals surface area contributed by atoms with Crippen LogP contribution in [0.3, 0.4) is 0 Å². The maximum absolute atomic E-state index is 2.52. The first-order valence-corrected chi connectivity index (χ1v) is 11.3. The lowest BCUT2D eigenvalue weighted by molar-refractivity contribution is 0.558. The molecule has 0 fully saturated rings. The number of nitrogens with zero attached hydrogens (tertiary/aromatic N) is 2. The van der Waals surface area contributed by atoms with Crippen molar-refractivity contribution in [1.29, 1.82) is 0 Å². The molecule has 0 aliphatic heterocycles. The number of rotatable bonds is 5. The lowest BCUT2D eigenvalue weighted by Gasteiger charge is -2.43. The summed E-state index contributed by atoms with van der Waals surface area (Å²) in [5, 5.41) is 0. The zero-order chi connectivity index (χ0) is 22.9. The van der Waals surface area contributed by atoms with Crippen LogP contribution < -0.4 is 9.80 Å². The first kappa shape index (κ1) is 22.9. The molecule has 0 atom stereocenters. The third-order valence-electron chi connectivity index (χ3n) is 5.91. The summed E-state index contributed by atoms with van der Waals surface area (Å²) < 4.78 is 0. The average Bonchev–Trinajstić information content (AvgIpc) is 2.67. The normalized spacial score (nSPS) is 11.7. The first-order valence-electron chi connectivity index (χ1n) is 11.3. The van der Waals surface area contributed by atoms with Gasteiger partial charge in [-0.25, -0.2) is 0 Å². The number of aryl methyl sites for hydroxylation is 4. The van der Waals surface area contributed by atoms with Crippen molar-refractivity contribution < 1.29 is 0 Å². The van der Waals surface area contributed by atoms with Crippen LogP contribution in [0.25, 0.3) is 0 Å². The summed E-state index contributed by atoms with van der Waals surface area (Å²) in [7, 11) is 0. The SMILES string of the molecule is Cc1cccc(C)c1N(c1ccccc1N(c1c(C)cccc1C)C(C)(C)C)C(C)C. The Morgan fingerprint density at radius 1 is 0.581 bits per heavy atom. The Hall–Kier alpha value is -2.74. The van der Waals surface area contributed by atoms with Gasteiger partial charge >= 0.3 is 0 Å². The van der Waals surface area contributed by atoms with Crippen LogP contribution in [0.4, 0.5) is 22.7 Å². The molecule has 31 heavy (non-hydrogen) atoms. The molecule has 2 heteroatoms. The third kappa shape index (κ3) is 4.49. The number of hydrogen-bond acceptors (Lipinski definition) is 2. The summed E-state index contributed by atoms with van der Waals surface area (Å²) in [6.45, 7) is 20.3. The number of hydrogen-bond donors (Lipinski definition) is 0. The Labute approximate surface area is 189 Å². The minimum Gasteiger partial charge on any atom is -0.337 e. The van der Waals surface area contributed by atoms with Gasteiger partial charge in [-0.1, -0.05) is 48.5 Å². The van der Waals surface area contributed by atoms with Gasteiger partial charge in [0.15, 0.2) is 0 Å². The molecule has 0 aliphatic carbocycles. The molecular formula is C29H38N2. The molecular weight excluding hydrogens is 376 g/mol. The van der Waals surface area contributed by atoms with Crippen LogP contribution in [-0.4, -0.2) is 11.6 Å². The molecule has 0 aliphatic rings. The number of benzene rings is 3. The summed E-state index contributed by atoms with van der Waals surface area (Å²) in [5.74, 6) is 0. The van der Waals surface area contributed by atoms with Gasteiger partial charge in [0.1, 0.15) is 0 Å². The van der Waals surface area contributed by atoms with E-state index in [-0.39, 0.29) is 5.54 Å². The highest BCUT2D eigenvalue weighted by Crippen LogP contribution is 2.45. The van der Waals surface area contributed by atoms with Crippen LogP contribution in [0.15, 0.2) is 60.7 Å². The van der Waals surface area contributed by atoms with Gasteiger partial charge in [0.2, 0.25) is 0 Å². The molecule has 164 valence electrons. The van der Waals surface area contributed by atoms with Crippen LogP contribution in [0, 0.1) is 27.7 Å². The summed E-state index contributed by atoms with van der Waals surface area (Å²) in [5.41, 5.74) is 10.2. The van der Waals surface area contributed by atoms with E-state index in [1.54, 1.807) is 0 Å². The minimum atomic E-state index is -0.0869. The highest BCUT2D eigenvalue weighted by atomic mass is 15.3. The van der Waals surface area contributed by atoms with E-state index in [9.17, 15) is 0 Å². The standard InChI is InChI=1S/C29H38N2/c1-20(2)30(27-21(3)14-12-15-22(27)4)25-18-10-11-19-26(25)31(29(7,8)9)28-23(5)16-13-17-24(28)6/h10-20H,1-9H3. The molecule has 0 aromatic heterocycles. The van der Waals surface area contributed by atoms with Crippen LogP contribution in [0.1, 0.15) is 56.9 Å². The van der Waals surface area contributed by atoms with Gasteiger partial charge in [-0.3, -0.25) is 0 Å². The molecule has 3 aromatic rings. The van der Waals surface area contributed by atoms with E-state index in [2.05, 4.69) is 133 Å². The molecule has 3 aromatic carbocycles. The largest absolute Gasteiger partial charge is 0.337 e. The zero-order valence-corrected chi connectivity index (χ0v) is 20.7. The Bertz CT molecular complexity index is 1020. The van der Waals surface area contributed by atoms with Crippen LogP contribution in [0.2, 0.25) is 0 Å². The van der Waals surface area contributed by atoms with Crippen molar-refractivity contribution in [3.05, 3.63) is 82.9 Å². The smallest absolute Gasteiger partial charge is 0.0657 e. The molecule has 0 radical (unpaired) electrons. The van der Waals surface area contributed by atoms with Crippen LogP contribution >= 0.6 is 0 Å². The van der Waals surface area contributed by atoms with Crippen molar-refractivity contribution in [2.45, 2.75) is 73.9 Å². The molecule has 2 nitrogen and oxygen atoms in total. The summed E-state index contributed by atoms with van der Waals surface area (Å²) in [6.07, 6.45) is 0. The minimum absolute atomic E-state index is 0.0869. The summed E-state index contributed by atoms with van der Waals surface area (Å²) in [4.78, 5) is 5.03. The van der Waals surface area contributed by atoms with E-state index in [1.807, 2.05) is 0 Å². The van der Waals surface area contributed by atoms with E-state index in [0.29, 0.717) is 6.04 Å². The second kappa shape index (κ2) is 8.78. The summed E-state index contributed by atoms with van der Waals surface area (Å²) >= 11 is 0. The van der Waals surface area contributed by atoms with Gasteiger partial charge in [-0.05, 0) is 96.7 Å². The van der Waals surface area contributed by atoms with E-state index in [1.165, 1.54) is 45.0 Å². The fourth-order valence-electron chi connectivity index (χ4n) is 4.68. The Morgan fingerprint density at radius 2 is 1.00 bits per heavy atom. The molecule has 0 amide bonds. The zero-order valence-electron chi connectivity index (χ0n) is 20.7. The van der Waals surface area contributed by atoms with Crippen LogP contribution in [0.5, 0.6) is 0 Å². The maximum Gasteiger partial charge on any atom is 0.0657 e. The Kier molecular flexibility index (Phi) is 6.50. The Balaban J connectivity index is 2.33. The van der Waals surface area contributed by atoms with Crippen LogP contribution in [-0.2, 0) is 0 Å².